The number of rotatable bonds is 2. The van der Waals surface area contributed by atoms with Crippen LogP contribution in [-0.4, -0.2) is 17.4 Å². The number of nitrogens with zero attached hydrogens (tertiary/aromatic N) is 2. The second kappa shape index (κ2) is 8.01. The Morgan fingerprint density at radius 1 is 1.00 bits per heavy atom. The lowest BCUT2D eigenvalue weighted by molar-refractivity contribution is 0.0692. The maximum absolute atomic E-state index is 12.7. The van der Waals surface area contributed by atoms with Crippen molar-refractivity contribution in [3.05, 3.63) is 82.0 Å². The van der Waals surface area contributed by atoms with Crippen molar-refractivity contribution in [3.63, 3.8) is 0 Å². The van der Waals surface area contributed by atoms with E-state index < -0.39 is 23.2 Å². The molecule has 5 nitrogen and oxygen atoms in total. The Kier molecular flexibility index (Phi) is 6.08. The Morgan fingerprint density at radius 2 is 1.52 bits per heavy atom. The molecule has 114 valence electrons. The van der Waals surface area contributed by atoms with Crippen LogP contribution in [0.3, 0.4) is 0 Å². The molecular formula is C16H8F2N2O3. The van der Waals surface area contributed by atoms with E-state index in [9.17, 15) is 18.4 Å². The fourth-order valence-electron chi connectivity index (χ4n) is 1.44. The summed E-state index contributed by atoms with van der Waals surface area (Å²) in [6.07, 6.45) is 0.393. The van der Waals surface area contributed by atoms with E-state index >= 15 is 0 Å². The van der Waals surface area contributed by atoms with Crippen molar-refractivity contribution < 1.29 is 23.5 Å². The smallest absolute Gasteiger partial charge is 0.337 e. The number of hydrogen-bond donors (Lipinski definition) is 1. The van der Waals surface area contributed by atoms with Crippen molar-refractivity contribution >= 4 is 23.6 Å². The summed E-state index contributed by atoms with van der Waals surface area (Å²) in [4.78, 5) is 26.5. The molecule has 0 saturated heterocycles. The summed E-state index contributed by atoms with van der Waals surface area (Å²) in [5, 5.41) is 8.44. The third-order valence-corrected chi connectivity index (χ3v) is 2.55. The number of carboxylic acid groups (broad SMARTS) is 1. The van der Waals surface area contributed by atoms with E-state index in [1.807, 2.05) is 0 Å². The Balaban J connectivity index is 0.000000231. The van der Waals surface area contributed by atoms with Crippen LogP contribution in [0.25, 0.3) is 9.69 Å². The first-order valence-electron chi connectivity index (χ1n) is 5.95. The Morgan fingerprint density at radius 3 is 2.00 bits per heavy atom. The highest BCUT2D eigenvalue weighted by atomic mass is 19.1. The summed E-state index contributed by atoms with van der Waals surface area (Å²) in [5.74, 6) is -2.78. The Bertz CT molecular complexity index is 836. The number of aromatic carboxylic acids is 1. The fourth-order valence-corrected chi connectivity index (χ4v) is 1.44. The van der Waals surface area contributed by atoms with Gasteiger partial charge in [-0.05, 0) is 24.3 Å². The molecule has 2 aromatic rings. The monoisotopic (exact) mass is 314 g/mol. The van der Waals surface area contributed by atoms with E-state index in [1.54, 1.807) is 0 Å². The minimum Gasteiger partial charge on any atom is -0.478 e. The van der Waals surface area contributed by atoms with Gasteiger partial charge in [0.1, 0.15) is 11.6 Å². The first kappa shape index (κ1) is 17.5. The molecule has 0 aliphatic heterocycles. The van der Waals surface area contributed by atoms with Crippen LogP contribution in [-0.2, 0) is 0 Å². The number of benzene rings is 2. The zero-order chi connectivity index (χ0) is 17.4. The summed E-state index contributed by atoms with van der Waals surface area (Å²) >= 11 is 0. The molecule has 0 spiro atoms. The van der Waals surface area contributed by atoms with Crippen LogP contribution in [0.2, 0.25) is 0 Å². The van der Waals surface area contributed by atoms with Crippen LogP contribution in [0.4, 0.5) is 20.2 Å². The van der Waals surface area contributed by atoms with Gasteiger partial charge in [0.25, 0.3) is 0 Å². The van der Waals surface area contributed by atoms with Crippen molar-refractivity contribution in [3.8, 4) is 0 Å². The molecule has 2 rings (SSSR count). The molecule has 23 heavy (non-hydrogen) atoms. The standard InChI is InChI=1S/C8H4FNO2.C8H4FNO/c1-10-5-2-3-7(9)6(4-5)8(11)12;1-10-7-2-3-8(9)6(4-7)5-11/h2-4H,(H,11,12);2-5H. The van der Waals surface area contributed by atoms with Gasteiger partial charge >= 0.3 is 5.97 Å². The van der Waals surface area contributed by atoms with Gasteiger partial charge in [0.15, 0.2) is 17.7 Å². The van der Waals surface area contributed by atoms with Crippen LogP contribution in [0.1, 0.15) is 20.7 Å². The SMILES string of the molecule is [C-]#[N+]c1ccc(F)c(C(=O)O)c1.[C-]#[N+]c1ccc(F)c(C=O)c1. The van der Waals surface area contributed by atoms with E-state index in [1.165, 1.54) is 18.2 Å². The van der Waals surface area contributed by atoms with E-state index in [0.29, 0.717) is 6.29 Å². The molecule has 0 unspecified atom stereocenters. The van der Waals surface area contributed by atoms with Crippen LogP contribution in [0.15, 0.2) is 36.4 Å². The second-order valence-corrected chi connectivity index (χ2v) is 4.02. The van der Waals surface area contributed by atoms with E-state index in [-0.39, 0.29) is 16.9 Å². The van der Waals surface area contributed by atoms with Gasteiger partial charge in [-0.25, -0.2) is 23.3 Å². The molecule has 1 N–H and O–H groups in total. The largest absolute Gasteiger partial charge is 0.478 e. The quantitative estimate of drug-likeness (QED) is 0.665. The van der Waals surface area contributed by atoms with Crippen LogP contribution >= 0.6 is 0 Å². The maximum atomic E-state index is 12.7. The van der Waals surface area contributed by atoms with Crippen molar-refractivity contribution in [1.82, 2.24) is 0 Å². The van der Waals surface area contributed by atoms with Crippen molar-refractivity contribution in [2.75, 3.05) is 0 Å². The van der Waals surface area contributed by atoms with Crippen molar-refractivity contribution in [2.45, 2.75) is 0 Å². The van der Waals surface area contributed by atoms with E-state index in [4.69, 9.17) is 18.3 Å². The number of carbonyl (C=O) groups excluding carboxylic acids is 1. The molecule has 0 aliphatic rings. The van der Waals surface area contributed by atoms with Gasteiger partial charge in [-0.3, -0.25) is 4.79 Å². The van der Waals surface area contributed by atoms with Crippen molar-refractivity contribution in [2.24, 2.45) is 0 Å². The van der Waals surface area contributed by atoms with Gasteiger partial charge in [-0.2, -0.15) is 0 Å². The molecular weight excluding hydrogens is 306 g/mol. The summed E-state index contributed by atoms with van der Waals surface area (Å²) in [7, 11) is 0. The average molecular weight is 314 g/mol. The predicted molar refractivity (Wildman–Crippen MR) is 77.7 cm³/mol. The highest BCUT2D eigenvalue weighted by molar-refractivity contribution is 5.89. The molecule has 0 aromatic heterocycles. The van der Waals surface area contributed by atoms with Gasteiger partial charge in [0.05, 0.1) is 18.7 Å². The Labute approximate surface area is 130 Å². The molecule has 0 amide bonds. The second-order valence-electron chi connectivity index (χ2n) is 4.02. The molecule has 0 fully saturated rings. The number of carboxylic acids is 1. The third-order valence-electron chi connectivity index (χ3n) is 2.55. The predicted octanol–water partition coefficient (Wildman–Crippen LogP) is 4.26. The van der Waals surface area contributed by atoms with Gasteiger partial charge in [0.2, 0.25) is 0 Å². The number of aldehydes is 1. The highest BCUT2D eigenvalue weighted by Crippen LogP contribution is 2.17. The van der Waals surface area contributed by atoms with Gasteiger partial charge in [-0.1, -0.05) is 12.1 Å². The normalized spacial score (nSPS) is 8.87. The lowest BCUT2D eigenvalue weighted by Crippen LogP contribution is -1.99. The lowest BCUT2D eigenvalue weighted by Gasteiger charge is -1.96. The zero-order valence-corrected chi connectivity index (χ0v) is 11.5. The van der Waals surface area contributed by atoms with E-state index in [0.717, 1.165) is 18.2 Å². The molecule has 2 aromatic carbocycles. The third kappa shape index (κ3) is 4.73. The summed E-state index contributed by atoms with van der Waals surface area (Å²) in [6, 6.07) is 6.86. The summed E-state index contributed by atoms with van der Waals surface area (Å²) in [6.45, 7) is 13.1. The molecule has 0 saturated carbocycles. The van der Waals surface area contributed by atoms with Crippen LogP contribution in [0, 0.1) is 24.8 Å². The molecule has 0 bridgehead atoms. The molecule has 0 heterocycles. The number of carbonyl (C=O) groups is 2. The van der Waals surface area contributed by atoms with E-state index in [2.05, 4.69) is 9.69 Å². The van der Waals surface area contributed by atoms with Gasteiger partial charge < -0.3 is 5.11 Å². The molecule has 0 aliphatic carbocycles. The average Bonchev–Trinajstić information content (AvgIpc) is 2.56. The minimum atomic E-state index is -1.36. The summed E-state index contributed by atoms with van der Waals surface area (Å²) in [5.41, 5.74) is -0.149. The van der Waals surface area contributed by atoms with Gasteiger partial charge in [-0.15, -0.1) is 0 Å². The molecule has 0 atom stereocenters. The van der Waals surface area contributed by atoms with Gasteiger partial charge in [0, 0.05) is 5.56 Å². The topological polar surface area (TPSA) is 63.1 Å². The first-order valence-corrected chi connectivity index (χ1v) is 5.95. The summed E-state index contributed by atoms with van der Waals surface area (Å²) < 4.78 is 25.2. The zero-order valence-electron chi connectivity index (χ0n) is 11.5. The lowest BCUT2D eigenvalue weighted by atomic mass is 10.2. The number of hydrogen-bond acceptors (Lipinski definition) is 2. The van der Waals surface area contributed by atoms with Crippen molar-refractivity contribution in [1.29, 1.82) is 0 Å². The molecule has 0 radical (unpaired) electrons. The Hall–Kier alpha value is -3.58. The highest BCUT2D eigenvalue weighted by Gasteiger charge is 2.09. The van der Waals surface area contributed by atoms with Crippen LogP contribution < -0.4 is 0 Å². The fraction of sp³-hybridized carbons (Fsp3) is 0. The minimum absolute atomic E-state index is 0.0708. The van der Waals surface area contributed by atoms with Crippen LogP contribution in [0.5, 0.6) is 0 Å². The maximum Gasteiger partial charge on any atom is 0.337 e. The molecule has 7 heteroatoms. The number of halogens is 2. The first-order chi connectivity index (χ1) is 10.9.